The van der Waals surface area contributed by atoms with Crippen molar-refractivity contribution >= 4 is 22.9 Å². The summed E-state index contributed by atoms with van der Waals surface area (Å²) in [4.78, 5) is 29.7. The average Bonchev–Trinajstić information content (AvgIpc) is 2.85. The van der Waals surface area contributed by atoms with Gasteiger partial charge in [0.2, 0.25) is 0 Å². The summed E-state index contributed by atoms with van der Waals surface area (Å²) in [6.45, 7) is 2.71. The minimum atomic E-state index is -0.500. The summed E-state index contributed by atoms with van der Waals surface area (Å²) in [7, 11) is 0. The minimum absolute atomic E-state index is 0.0576. The van der Waals surface area contributed by atoms with Crippen molar-refractivity contribution in [3.05, 3.63) is 34.7 Å². The molecule has 1 aromatic carbocycles. The molecule has 0 spiro atoms. The first-order valence-corrected chi connectivity index (χ1v) is 6.62. The van der Waals surface area contributed by atoms with Crippen molar-refractivity contribution in [3.63, 3.8) is 0 Å². The predicted molar refractivity (Wildman–Crippen MR) is 74.7 cm³/mol. The highest BCUT2D eigenvalue weighted by molar-refractivity contribution is 5.88. The van der Waals surface area contributed by atoms with Gasteiger partial charge in [-0.2, -0.15) is 4.98 Å². The van der Waals surface area contributed by atoms with Crippen molar-refractivity contribution in [2.75, 3.05) is 11.9 Å². The van der Waals surface area contributed by atoms with E-state index in [1.54, 1.807) is 29.2 Å². The number of anilines is 1. The molecule has 2 aromatic rings. The van der Waals surface area contributed by atoms with Crippen LogP contribution in [-0.4, -0.2) is 28.5 Å². The fourth-order valence-electron chi connectivity index (χ4n) is 2.47. The van der Waals surface area contributed by atoms with E-state index in [4.69, 9.17) is 4.42 Å². The topological polar surface area (TPSA) is 75.4 Å². The van der Waals surface area contributed by atoms with E-state index >= 15 is 0 Å². The van der Waals surface area contributed by atoms with E-state index in [0.717, 1.165) is 12.8 Å². The van der Waals surface area contributed by atoms with Crippen LogP contribution in [0.1, 0.15) is 19.8 Å². The Morgan fingerprint density at radius 3 is 3.00 bits per heavy atom. The van der Waals surface area contributed by atoms with Gasteiger partial charge in [-0.25, -0.2) is 9.59 Å². The van der Waals surface area contributed by atoms with Crippen molar-refractivity contribution in [2.45, 2.75) is 25.8 Å². The predicted octanol–water partition coefficient (Wildman–Crippen LogP) is 2.20. The smallest absolute Gasteiger partial charge is 0.348 e. The molecule has 1 N–H and O–H groups in total. The maximum absolute atomic E-state index is 12.1. The van der Waals surface area contributed by atoms with Crippen LogP contribution in [0.15, 0.2) is 33.5 Å². The van der Waals surface area contributed by atoms with Crippen molar-refractivity contribution in [3.8, 4) is 0 Å². The largest absolute Gasteiger partial charge is 0.388 e. The number of amides is 2. The molecule has 1 fully saturated rings. The Morgan fingerprint density at radius 1 is 1.45 bits per heavy atom. The fourth-order valence-corrected chi connectivity index (χ4v) is 2.47. The third kappa shape index (κ3) is 2.24. The molecular weight excluding hydrogens is 258 g/mol. The number of hydrogen-bond acceptors (Lipinski definition) is 4. The summed E-state index contributed by atoms with van der Waals surface area (Å²) in [6, 6.07) is 6.73. The molecule has 1 aliphatic rings. The lowest BCUT2D eigenvalue weighted by Crippen LogP contribution is -2.37. The first-order valence-electron chi connectivity index (χ1n) is 6.62. The van der Waals surface area contributed by atoms with E-state index < -0.39 is 5.63 Å². The first-order chi connectivity index (χ1) is 9.65. The molecule has 2 heterocycles. The van der Waals surface area contributed by atoms with Gasteiger partial charge in [0.05, 0.1) is 10.9 Å². The number of rotatable bonds is 1. The molecule has 104 valence electrons. The van der Waals surface area contributed by atoms with Crippen molar-refractivity contribution in [1.29, 1.82) is 0 Å². The molecule has 0 saturated carbocycles. The highest BCUT2D eigenvalue weighted by Crippen LogP contribution is 2.18. The van der Waals surface area contributed by atoms with Gasteiger partial charge in [-0.05, 0) is 31.9 Å². The monoisotopic (exact) mass is 273 g/mol. The Morgan fingerprint density at radius 2 is 2.25 bits per heavy atom. The number of benzene rings is 1. The van der Waals surface area contributed by atoms with Gasteiger partial charge >= 0.3 is 17.7 Å². The second-order valence-electron chi connectivity index (χ2n) is 4.94. The van der Waals surface area contributed by atoms with Gasteiger partial charge < -0.3 is 9.32 Å². The number of carbonyl (C=O) groups is 1. The minimum Gasteiger partial charge on any atom is -0.388 e. The molecule has 0 unspecified atom stereocenters. The van der Waals surface area contributed by atoms with Gasteiger partial charge in [0.15, 0.2) is 0 Å². The van der Waals surface area contributed by atoms with Crippen molar-refractivity contribution in [1.82, 2.24) is 9.88 Å². The van der Waals surface area contributed by atoms with Crippen LogP contribution < -0.4 is 10.9 Å². The number of likely N-dealkylation sites (tertiary alicyclic amines) is 1. The van der Waals surface area contributed by atoms with Crippen LogP contribution in [0, 0.1) is 0 Å². The zero-order chi connectivity index (χ0) is 14.1. The molecule has 6 heteroatoms. The van der Waals surface area contributed by atoms with Crippen molar-refractivity contribution in [2.24, 2.45) is 0 Å². The lowest BCUT2D eigenvalue weighted by molar-refractivity contribution is 0.209. The van der Waals surface area contributed by atoms with Gasteiger partial charge in [-0.1, -0.05) is 12.1 Å². The fraction of sp³-hybridized carbons (Fsp3) is 0.357. The molecule has 1 aromatic heterocycles. The molecular formula is C14H15N3O3. The molecule has 6 nitrogen and oxygen atoms in total. The van der Waals surface area contributed by atoms with E-state index in [1.165, 1.54) is 0 Å². The maximum Gasteiger partial charge on any atom is 0.348 e. The lowest BCUT2D eigenvalue weighted by atomic mass is 10.2. The van der Waals surface area contributed by atoms with E-state index in [0.29, 0.717) is 17.4 Å². The molecule has 0 bridgehead atoms. The standard InChI is InChI=1S/C14H15N3O3/c1-9-5-4-8-17(9)14(19)16-13-15-11-7-3-2-6-10(11)12(18)20-13/h2-3,6-7,9H,4-5,8H2,1H3,(H,15,16,19)/t9-/m1/s1. The van der Waals surface area contributed by atoms with Crippen LogP contribution in [0.3, 0.4) is 0 Å². The second kappa shape index (κ2) is 4.96. The Bertz CT molecular complexity index is 710. The van der Waals surface area contributed by atoms with Gasteiger partial charge in [0.25, 0.3) is 0 Å². The number of fused-ring (bicyclic) bond motifs is 1. The highest BCUT2D eigenvalue weighted by atomic mass is 16.4. The summed E-state index contributed by atoms with van der Waals surface area (Å²) in [5.41, 5.74) is 0.00823. The van der Waals surface area contributed by atoms with Crippen molar-refractivity contribution < 1.29 is 9.21 Å². The number of hydrogen-bond donors (Lipinski definition) is 1. The summed E-state index contributed by atoms with van der Waals surface area (Å²) >= 11 is 0. The van der Waals surface area contributed by atoms with E-state index in [-0.39, 0.29) is 18.1 Å². The number of nitrogens with zero attached hydrogens (tertiary/aromatic N) is 2. The number of carbonyl (C=O) groups excluding carboxylic acids is 1. The molecule has 0 radical (unpaired) electrons. The molecule has 1 atom stereocenters. The molecule has 3 rings (SSSR count). The van der Waals surface area contributed by atoms with Crippen LogP contribution in [0.4, 0.5) is 10.8 Å². The Hall–Kier alpha value is -2.37. The molecule has 1 saturated heterocycles. The summed E-state index contributed by atoms with van der Waals surface area (Å²) in [5, 5.41) is 2.96. The Balaban J connectivity index is 1.88. The van der Waals surface area contributed by atoms with Gasteiger partial charge in [0.1, 0.15) is 0 Å². The molecule has 1 aliphatic heterocycles. The number of aromatic nitrogens is 1. The van der Waals surface area contributed by atoms with E-state index in [9.17, 15) is 9.59 Å². The normalized spacial score (nSPS) is 18.4. The van der Waals surface area contributed by atoms with Crippen LogP contribution in [0.5, 0.6) is 0 Å². The van der Waals surface area contributed by atoms with Crippen LogP contribution >= 0.6 is 0 Å². The summed E-state index contributed by atoms with van der Waals surface area (Å²) in [5.74, 6) is 0. The summed E-state index contributed by atoms with van der Waals surface area (Å²) < 4.78 is 5.03. The number of nitrogens with one attached hydrogen (secondary N) is 1. The Labute approximate surface area is 115 Å². The summed E-state index contributed by atoms with van der Waals surface area (Å²) in [6.07, 6.45) is 1.98. The van der Waals surface area contributed by atoms with Crippen LogP contribution in [0.25, 0.3) is 10.9 Å². The lowest BCUT2D eigenvalue weighted by Gasteiger charge is -2.20. The number of para-hydroxylation sites is 1. The van der Waals surface area contributed by atoms with Crippen LogP contribution in [-0.2, 0) is 0 Å². The van der Waals surface area contributed by atoms with Crippen LogP contribution in [0.2, 0.25) is 0 Å². The van der Waals surface area contributed by atoms with E-state index in [2.05, 4.69) is 10.3 Å². The average molecular weight is 273 g/mol. The SMILES string of the molecule is C[C@@H]1CCCN1C(=O)Nc1nc2ccccc2c(=O)o1. The van der Waals surface area contributed by atoms with Gasteiger partial charge in [0, 0.05) is 12.6 Å². The molecule has 0 aliphatic carbocycles. The second-order valence-corrected chi connectivity index (χ2v) is 4.94. The number of urea groups is 1. The molecule has 20 heavy (non-hydrogen) atoms. The zero-order valence-electron chi connectivity index (χ0n) is 11.1. The maximum atomic E-state index is 12.1. The Kier molecular flexibility index (Phi) is 3.14. The highest BCUT2D eigenvalue weighted by Gasteiger charge is 2.25. The van der Waals surface area contributed by atoms with Gasteiger partial charge in [-0.3, -0.25) is 5.32 Å². The quantitative estimate of drug-likeness (QED) is 0.864. The zero-order valence-corrected chi connectivity index (χ0v) is 11.1. The van der Waals surface area contributed by atoms with E-state index in [1.807, 2.05) is 6.92 Å². The third-order valence-electron chi connectivity index (χ3n) is 3.56. The molecule has 2 amide bonds. The first kappa shape index (κ1) is 12.7. The van der Waals surface area contributed by atoms with Gasteiger partial charge in [-0.15, -0.1) is 0 Å². The third-order valence-corrected chi connectivity index (χ3v) is 3.56.